The number of hydrogen-bond donors (Lipinski definition) is 0. The lowest BCUT2D eigenvalue weighted by Crippen LogP contribution is -2.50. The summed E-state index contributed by atoms with van der Waals surface area (Å²) in [6, 6.07) is 4.31. The van der Waals surface area contributed by atoms with Crippen molar-refractivity contribution in [2.24, 2.45) is 0 Å². The van der Waals surface area contributed by atoms with E-state index in [1.165, 1.54) is 0 Å². The lowest BCUT2D eigenvalue weighted by Gasteiger charge is -2.38. The summed E-state index contributed by atoms with van der Waals surface area (Å²) in [6.45, 7) is 9.28. The van der Waals surface area contributed by atoms with Crippen molar-refractivity contribution in [2.45, 2.75) is 26.8 Å². The first kappa shape index (κ1) is 14.3. The third-order valence-corrected chi connectivity index (χ3v) is 3.29. The molecule has 17 heavy (non-hydrogen) atoms. The van der Waals surface area contributed by atoms with Crippen LogP contribution in [-0.2, 0) is 0 Å². The largest absolute Gasteiger partial charge is 0.353 e. The molecule has 0 bridgehead atoms. The van der Waals surface area contributed by atoms with Crippen LogP contribution in [0.5, 0.6) is 0 Å². The molecule has 1 saturated heterocycles. The predicted molar refractivity (Wildman–Crippen MR) is 74.9 cm³/mol. The van der Waals surface area contributed by atoms with Crippen LogP contribution in [0.3, 0.4) is 0 Å². The maximum absolute atomic E-state index is 6.12. The molecule has 0 amide bonds. The third-order valence-electron chi connectivity index (χ3n) is 3.00. The molecule has 0 spiro atoms. The molecule has 0 saturated carbocycles. The minimum atomic E-state index is 0.553. The first-order valence-electron chi connectivity index (χ1n) is 6.24. The fraction of sp³-hybridized carbons (Fsp3) is 0.615. The van der Waals surface area contributed by atoms with Crippen molar-refractivity contribution in [3.63, 3.8) is 0 Å². The van der Waals surface area contributed by atoms with Crippen LogP contribution in [0.15, 0.2) is 18.3 Å². The zero-order valence-electron chi connectivity index (χ0n) is 11.2. The smallest absolute Gasteiger partial charge is 0.147 e. The number of aromatic nitrogens is 1. The van der Waals surface area contributed by atoms with E-state index in [4.69, 9.17) is 11.6 Å². The molecule has 1 aliphatic heterocycles. The van der Waals surface area contributed by atoms with Gasteiger partial charge in [0.1, 0.15) is 5.82 Å². The number of likely N-dealkylation sites (N-methyl/N-ethyl adjacent to an activating group) is 1. The highest BCUT2D eigenvalue weighted by molar-refractivity contribution is 6.32. The van der Waals surface area contributed by atoms with Crippen molar-refractivity contribution in [2.75, 3.05) is 31.6 Å². The molecule has 0 N–H and O–H groups in total. The van der Waals surface area contributed by atoms with E-state index in [0.29, 0.717) is 6.04 Å². The topological polar surface area (TPSA) is 19.4 Å². The van der Waals surface area contributed by atoms with Gasteiger partial charge in [0.05, 0.1) is 5.02 Å². The number of rotatable bonds is 1. The zero-order chi connectivity index (χ0) is 12.8. The number of pyridine rings is 1. The lowest BCUT2D eigenvalue weighted by atomic mass is 10.2. The van der Waals surface area contributed by atoms with Gasteiger partial charge in [0.15, 0.2) is 0 Å². The predicted octanol–water partition coefficient (Wildman–Crippen LogP) is 2.90. The highest BCUT2D eigenvalue weighted by atomic mass is 35.5. The van der Waals surface area contributed by atoms with E-state index >= 15 is 0 Å². The Kier molecular flexibility index (Phi) is 5.72. The van der Waals surface area contributed by atoms with Gasteiger partial charge in [-0.2, -0.15) is 0 Å². The average Bonchev–Trinajstić information content (AvgIpc) is 2.36. The van der Waals surface area contributed by atoms with Crippen LogP contribution in [0.1, 0.15) is 20.8 Å². The summed E-state index contributed by atoms with van der Waals surface area (Å²) in [5, 5.41) is 0.745. The van der Waals surface area contributed by atoms with E-state index in [-0.39, 0.29) is 0 Å². The monoisotopic (exact) mass is 255 g/mol. The molecule has 0 aromatic carbocycles. The summed E-state index contributed by atoms with van der Waals surface area (Å²) >= 11 is 6.12. The Hall–Kier alpha value is -0.800. The van der Waals surface area contributed by atoms with Crippen LogP contribution >= 0.6 is 11.6 Å². The van der Waals surface area contributed by atoms with Gasteiger partial charge in [-0.15, -0.1) is 0 Å². The van der Waals surface area contributed by atoms with Crippen molar-refractivity contribution in [1.82, 2.24) is 9.88 Å². The van der Waals surface area contributed by atoms with Crippen molar-refractivity contribution >= 4 is 17.4 Å². The molecule has 1 aliphatic rings. The Labute approximate surface area is 109 Å². The van der Waals surface area contributed by atoms with Gasteiger partial charge in [0.2, 0.25) is 0 Å². The van der Waals surface area contributed by atoms with Gasteiger partial charge in [-0.3, -0.25) is 0 Å². The second kappa shape index (κ2) is 6.82. The van der Waals surface area contributed by atoms with Crippen LogP contribution in [0, 0.1) is 0 Å². The number of anilines is 1. The molecule has 3 nitrogen and oxygen atoms in total. The van der Waals surface area contributed by atoms with Gasteiger partial charge >= 0.3 is 0 Å². The number of halogens is 1. The van der Waals surface area contributed by atoms with Gasteiger partial charge in [-0.05, 0) is 26.1 Å². The number of piperazine rings is 1. The van der Waals surface area contributed by atoms with Gasteiger partial charge in [-0.25, -0.2) is 4.98 Å². The first-order valence-corrected chi connectivity index (χ1v) is 6.62. The fourth-order valence-corrected chi connectivity index (χ4v) is 2.09. The highest BCUT2D eigenvalue weighted by Gasteiger charge is 2.22. The molecular weight excluding hydrogens is 234 g/mol. The van der Waals surface area contributed by atoms with Crippen LogP contribution in [-0.4, -0.2) is 42.6 Å². The van der Waals surface area contributed by atoms with Gasteiger partial charge in [-0.1, -0.05) is 25.4 Å². The quantitative estimate of drug-likeness (QED) is 0.769. The normalized spacial score (nSPS) is 20.8. The van der Waals surface area contributed by atoms with E-state index in [0.717, 1.165) is 30.5 Å². The average molecular weight is 256 g/mol. The van der Waals surface area contributed by atoms with Crippen molar-refractivity contribution < 1.29 is 0 Å². The molecule has 1 unspecified atom stereocenters. The maximum Gasteiger partial charge on any atom is 0.147 e. The lowest BCUT2D eigenvalue weighted by molar-refractivity contribution is 0.233. The summed E-state index contributed by atoms with van der Waals surface area (Å²) in [6.07, 6.45) is 1.80. The van der Waals surface area contributed by atoms with E-state index in [2.05, 4.69) is 28.8 Å². The zero-order valence-corrected chi connectivity index (χ0v) is 11.9. The summed E-state index contributed by atoms with van der Waals surface area (Å²) in [7, 11) is 2.15. The van der Waals surface area contributed by atoms with Gasteiger partial charge in [0, 0.05) is 31.9 Å². The van der Waals surface area contributed by atoms with Gasteiger partial charge < -0.3 is 9.80 Å². The summed E-state index contributed by atoms with van der Waals surface area (Å²) in [4.78, 5) is 8.95. The molecule has 2 heterocycles. The summed E-state index contributed by atoms with van der Waals surface area (Å²) in [5.74, 6) is 0.916. The van der Waals surface area contributed by atoms with Crippen molar-refractivity contribution in [1.29, 1.82) is 0 Å². The van der Waals surface area contributed by atoms with Crippen molar-refractivity contribution in [3.05, 3.63) is 23.4 Å². The molecular formula is C13H22ClN3. The third kappa shape index (κ3) is 3.58. The second-order valence-corrected chi connectivity index (χ2v) is 4.49. The van der Waals surface area contributed by atoms with E-state index < -0.39 is 0 Å². The van der Waals surface area contributed by atoms with E-state index in [1.807, 2.05) is 26.0 Å². The minimum Gasteiger partial charge on any atom is -0.353 e. The molecule has 4 heteroatoms. The SMILES string of the molecule is CC.CC1CN(c2ncccc2Cl)CCN1C. The van der Waals surface area contributed by atoms with Crippen molar-refractivity contribution in [3.8, 4) is 0 Å². The Morgan fingerprint density at radius 1 is 1.35 bits per heavy atom. The van der Waals surface area contributed by atoms with E-state index in [9.17, 15) is 0 Å². The summed E-state index contributed by atoms with van der Waals surface area (Å²) in [5.41, 5.74) is 0. The Morgan fingerprint density at radius 3 is 2.65 bits per heavy atom. The Balaban J connectivity index is 0.000000686. The maximum atomic E-state index is 6.12. The molecule has 96 valence electrons. The van der Waals surface area contributed by atoms with Crippen LogP contribution < -0.4 is 4.90 Å². The number of hydrogen-bond acceptors (Lipinski definition) is 3. The van der Waals surface area contributed by atoms with Crippen LogP contribution in [0.25, 0.3) is 0 Å². The van der Waals surface area contributed by atoms with E-state index in [1.54, 1.807) is 6.20 Å². The minimum absolute atomic E-state index is 0.553. The Morgan fingerprint density at radius 2 is 2.06 bits per heavy atom. The van der Waals surface area contributed by atoms with Crippen LogP contribution in [0.2, 0.25) is 5.02 Å². The standard InChI is InChI=1S/C11H16ClN3.C2H6/c1-9-8-15(7-6-14(9)2)11-10(12)4-3-5-13-11;1-2/h3-5,9H,6-8H2,1-2H3;1-2H3. The summed E-state index contributed by atoms with van der Waals surface area (Å²) < 4.78 is 0. The second-order valence-electron chi connectivity index (χ2n) is 4.08. The molecule has 1 aromatic heterocycles. The Bertz CT molecular complexity index is 343. The first-order chi connectivity index (χ1) is 8.18. The van der Waals surface area contributed by atoms with Gasteiger partial charge in [0.25, 0.3) is 0 Å². The number of nitrogens with zero attached hydrogens (tertiary/aromatic N) is 3. The molecule has 1 atom stereocenters. The molecule has 0 radical (unpaired) electrons. The highest BCUT2D eigenvalue weighted by Crippen LogP contribution is 2.24. The fourth-order valence-electron chi connectivity index (χ4n) is 1.85. The molecule has 1 aromatic rings. The molecule has 2 rings (SSSR count). The molecule has 0 aliphatic carbocycles. The molecule has 1 fully saturated rings. The van der Waals surface area contributed by atoms with Crippen LogP contribution in [0.4, 0.5) is 5.82 Å².